The third-order valence-corrected chi connectivity index (χ3v) is 4.83. The van der Waals surface area contributed by atoms with Crippen LogP contribution in [0.3, 0.4) is 0 Å². The zero-order valence-electron chi connectivity index (χ0n) is 11.0. The van der Waals surface area contributed by atoms with E-state index in [1.807, 2.05) is 0 Å². The lowest BCUT2D eigenvalue weighted by Gasteiger charge is -2.11. The summed E-state index contributed by atoms with van der Waals surface area (Å²) in [6.07, 6.45) is 0. The number of carbonyl (C=O) groups is 1. The Morgan fingerprint density at radius 2 is 1.76 bits per heavy atom. The summed E-state index contributed by atoms with van der Waals surface area (Å²) < 4.78 is 27.0. The molecule has 0 bridgehead atoms. The Hall–Kier alpha value is -2.05. The van der Waals surface area contributed by atoms with E-state index in [1.54, 1.807) is 19.1 Å². The Labute approximate surface area is 127 Å². The predicted molar refractivity (Wildman–Crippen MR) is 80.4 cm³/mol. The molecule has 2 aromatic rings. The molecular weight excluding hydrogens is 314 g/mol. The Morgan fingerprint density at radius 1 is 1.14 bits per heavy atom. The fourth-order valence-corrected chi connectivity index (χ4v) is 3.33. The first-order valence-electron chi connectivity index (χ1n) is 5.92. The fourth-order valence-electron chi connectivity index (χ4n) is 1.77. The zero-order valence-corrected chi connectivity index (χ0v) is 12.6. The van der Waals surface area contributed by atoms with Crippen molar-refractivity contribution in [2.24, 2.45) is 0 Å². The summed E-state index contributed by atoms with van der Waals surface area (Å²) in [6, 6.07) is 10.0. The maximum absolute atomic E-state index is 12.3. The van der Waals surface area contributed by atoms with E-state index < -0.39 is 16.0 Å². The number of carboxylic acids is 1. The van der Waals surface area contributed by atoms with Crippen molar-refractivity contribution in [3.05, 3.63) is 58.6 Å². The van der Waals surface area contributed by atoms with Crippen LogP contribution in [0.1, 0.15) is 15.9 Å². The smallest absolute Gasteiger partial charge is 0.335 e. The lowest BCUT2D eigenvalue weighted by Crippen LogP contribution is -2.14. The van der Waals surface area contributed by atoms with Gasteiger partial charge in [0.2, 0.25) is 0 Å². The van der Waals surface area contributed by atoms with Gasteiger partial charge in [-0.25, -0.2) is 13.2 Å². The van der Waals surface area contributed by atoms with E-state index in [1.165, 1.54) is 30.3 Å². The monoisotopic (exact) mass is 325 g/mol. The van der Waals surface area contributed by atoms with Crippen molar-refractivity contribution in [2.45, 2.75) is 11.8 Å². The third kappa shape index (κ3) is 3.34. The van der Waals surface area contributed by atoms with Crippen LogP contribution in [0.5, 0.6) is 0 Å². The highest BCUT2D eigenvalue weighted by molar-refractivity contribution is 7.92. The number of rotatable bonds is 4. The average molecular weight is 326 g/mol. The number of sulfonamides is 1. The molecular formula is C14H12ClNO4S. The van der Waals surface area contributed by atoms with Gasteiger partial charge in [0.15, 0.2) is 0 Å². The van der Waals surface area contributed by atoms with Gasteiger partial charge in [0, 0.05) is 10.7 Å². The first-order valence-corrected chi connectivity index (χ1v) is 7.78. The highest BCUT2D eigenvalue weighted by atomic mass is 35.5. The number of hydrogen-bond acceptors (Lipinski definition) is 3. The molecule has 0 aromatic heterocycles. The minimum absolute atomic E-state index is 0.0804. The van der Waals surface area contributed by atoms with E-state index >= 15 is 0 Å². The molecule has 0 aliphatic carbocycles. The maximum Gasteiger partial charge on any atom is 0.335 e. The van der Waals surface area contributed by atoms with Gasteiger partial charge in [0.05, 0.1) is 10.5 Å². The molecule has 2 aromatic carbocycles. The van der Waals surface area contributed by atoms with Crippen molar-refractivity contribution < 1.29 is 18.3 Å². The van der Waals surface area contributed by atoms with Crippen LogP contribution >= 0.6 is 11.6 Å². The molecule has 0 spiro atoms. The predicted octanol–water partition coefficient (Wildman–Crippen LogP) is 3.15. The van der Waals surface area contributed by atoms with Crippen LogP contribution in [0.4, 0.5) is 5.69 Å². The molecule has 0 radical (unpaired) electrons. The van der Waals surface area contributed by atoms with Crippen LogP contribution in [-0.2, 0) is 10.0 Å². The van der Waals surface area contributed by atoms with Crippen molar-refractivity contribution in [3.63, 3.8) is 0 Å². The molecule has 5 nitrogen and oxygen atoms in total. The summed E-state index contributed by atoms with van der Waals surface area (Å²) in [5.74, 6) is -1.07. The molecule has 7 heteroatoms. The molecule has 0 aliphatic heterocycles. The second-order valence-corrected chi connectivity index (χ2v) is 6.41. The molecule has 0 saturated heterocycles. The number of aromatic carboxylic acids is 1. The Kier molecular flexibility index (Phi) is 4.20. The van der Waals surface area contributed by atoms with Crippen molar-refractivity contribution in [3.8, 4) is 0 Å². The number of halogens is 1. The Bertz CT molecular complexity index is 785. The van der Waals surface area contributed by atoms with E-state index in [-0.39, 0.29) is 16.1 Å². The summed E-state index contributed by atoms with van der Waals surface area (Å²) in [5, 5.41) is 9.16. The quantitative estimate of drug-likeness (QED) is 0.904. The van der Waals surface area contributed by atoms with E-state index in [9.17, 15) is 13.2 Å². The summed E-state index contributed by atoms with van der Waals surface area (Å²) in [7, 11) is -3.78. The van der Waals surface area contributed by atoms with Crippen LogP contribution in [0.15, 0.2) is 47.4 Å². The van der Waals surface area contributed by atoms with Crippen molar-refractivity contribution in [1.82, 2.24) is 0 Å². The highest BCUT2D eigenvalue weighted by Gasteiger charge is 2.18. The summed E-state index contributed by atoms with van der Waals surface area (Å²) >= 11 is 5.92. The Balaban J connectivity index is 2.33. The summed E-state index contributed by atoms with van der Waals surface area (Å²) in [4.78, 5) is 10.8. The number of hydrogen-bond donors (Lipinski definition) is 2. The van der Waals surface area contributed by atoms with Gasteiger partial charge in [-0.2, -0.15) is 0 Å². The van der Waals surface area contributed by atoms with Gasteiger partial charge < -0.3 is 5.11 Å². The maximum atomic E-state index is 12.3. The lowest BCUT2D eigenvalue weighted by atomic mass is 10.2. The van der Waals surface area contributed by atoms with E-state index in [2.05, 4.69) is 4.72 Å². The largest absolute Gasteiger partial charge is 0.478 e. The molecule has 0 amide bonds. The molecule has 2 rings (SSSR count). The van der Waals surface area contributed by atoms with E-state index in [0.29, 0.717) is 10.6 Å². The molecule has 0 fully saturated rings. The van der Waals surface area contributed by atoms with Crippen LogP contribution in [0.25, 0.3) is 0 Å². The van der Waals surface area contributed by atoms with Crippen LogP contribution in [0.2, 0.25) is 5.02 Å². The molecule has 0 aliphatic rings. The van der Waals surface area contributed by atoms with Crippen LogP contribution < -0.4 is 4.72 Å². The minimum atomic E-state index is -3.78. The third-order valence-electron chi connectivity index (χ3n) is 2.89. The second kappa shape index (κ2) is 5.75. The van der Waals surface area contributed by atoms with Crippen LogP contribution in [0, 0.1) is 6.92 Å². The lowest BCUT2D eigenvalue weighted by molar-refractivity contribution is 0.0697. The summed E-state index contributed by atoms with van der Waals surface area (Å²) in [5.41, 5.74) is 0.810. The average Bonchev–Trinajstić information content (AvgIpc) is 2.41. The van der Waals surface area contributed by atoms with Gasteiger partial charge >= 0.3 is 5.97 Å². The first-order chi connectivity index (χ1) is 9.81. The van der Waals surface area contributed by atoms with Crippen molar-refractivity contribution in [1.29, 1.82) is 0 Å². The highest BCUT2D eigenvalue weighted by Crippen LogP contribution is 2.24. The number of carboxylic acid groups (broad SMARTS) is 1. The molecule has 0 unspecified atom stereocenters. The van der Waals surface area contributed by atoms with Crippen LogP contribution in [-0.4, -0.2) is 19.5 Å². The molecule has 21 heavy (non-hydrogen) atoms. The van der Waals surface area contributed by atoms with Gasteiger partial charge in [0.25, 0.3) is 10.0 Å². The number of benzene rings is 2. The van der Waals surface area contributed by atoms with Crippen molar-refractivity contribution in [2.75, 3.05) is 4.72 Å². The molecule has 0 atom stereocenters. The van der Waals surface area contributed by atoms with Gasteiger partial charge in [0.1, 0.15) is 0 Å². The fraction of sp³-hybridized carbons (Fsp3) is 0.0714. The number of nitrogens with one attached hydrogen (secondary N) is 1. The molecule has 0 saturated carbocycles. The van der Waals surface area contributed by atoms with E-state index in [4.69, 9.17) is 16.7 Å². The van der Waals surface area contributed by atoms with Gasteiger partial charge in [-0.1, -0.05) is 17.7 Å². The normalized spacial score (nSPS) is 11.1. The first kappa shape index (κ1) is 15.3. The second-order valence-electron chi connectivity index (χ2n) is 4.35. The molecule has 2 N–H and O–H groups in total. The summed E-state index contributed by atoms with van der Waals surface area (Å²) in [6.45, 7) is 1.62. The van der Waals surface area contributed by atoms with E-state index in [0.717, 1.165) is 0 Å². The van der Waals surface area contributed by atoms with Gasteiger partial charge in [-0.15, -0.1) is 0 Å². The zero-order chi connectivity index (χ0) is 15.6. The van der Waals surface area contributed by atoms with Gasteiger partial charge in [-0.05, 0) is 48.9 Å². The topological polar surface area (TPSA) is 83.5 Å². The van der Waals surface area contributed by atoms with Crippen molar-refractivity contribution >= 4 is 33.3 Å². The van der Waals surface area contributed by atoms with Gasteiger partial charge in [-0.3, -0.25) is 4.72 Å². The Morgan fingerprint density at radius 3 is 2.33 bits per heavy atom. The number of anilines is 1. The molecule has 110 valence electrons. The molecule has 0 heterocycles. The standard InChI is InChI=1S/C14H12ClNO4S/c1-9-12(15)3-2-4-13(9)21(19,20)16-11-7-5-10(6-8-11)14(17)18/h2-8,16H,1H3,(H,17,18). The SMILES string of the molecule is Cc1c(Cl)cccc1S(=O)(=O)Nc1ccc(C(=O)O)cc1. The minimum Gasteiger partial charge on any atom is -0.478 e.